The van der Waals surface area contributed by atoms with E-state index >= 15 is 0 Å². The van der Waals surface area contributed by atoms with Gasteiger partial charge in [0.2, 0.25) is 0 Å². The van der Waals surface area contributed by atoms with Crippen LogP contribution >= 0.6 is 12.2 Å². The molecule has 1 aliphatic rings. The molecule has 0 radical (unpaired) electrons. The van der Waals surface area contributed by atoms with E-state index < -0.39 is 0 Å². The van der Waals surface area contributed by atoms with Gasteiger partial charge in [-0.15, -0.1) is 0 Å². The molecule has 1 unspecified atom stereocenters. The Morgan fingerprint density at radius 3 is 2.39 bits per heavy atom. The van der Waals surface area contributed by atoms with Gasteiger partial charge in [0, 0.05) is 5.56 Å². The van der Waals surface area contributed by atoms with Gasteiger partial charge in [0.25, 0.3) is 5.91 Å². The Kier molecular flexibility index (Phi) is 3.66. The third-order valence-electron chi connectivity index (χ3n) is 3.39. The number of hydrogen-bond donors (Lipinski definition) is 2. The molecule has 1 aliphatic carbocycles. The summed E-state index contributed by atoms with van der Waals surface area (Å²) in [6, 6.07) is 5.67. The predicted octanol–water partition coefficient (Wildman–Crippen LogP) is 2.10. The number of carbonyl (C=O) groups excluding carboxylic acids is 1. The first kappa shape index (κ1) is 13.0. The van der Waals surface area contributed by atoms with E-state index in [1.165, 1.54) is 0 Å². The quantitative estimate of drug-likeness (QED) is 0.817. The van der Waals surface area contributed by atoms with Crippen LogP contribution in [-0.4, -0.2) is 16.9 Å². The summed E-state index contributed by atoms with van der Waals surface area (Å²) in [6.45, 7) is 3.88. The molecule has 0 aliphatic heterocycles. The highest BCUT2D eigenvalue weighted by atomic mass is 32.1. The van der Waals surface area contributed by atoms with Crippen LogP contribution in [0.1, 0.15) is 34.3 Å². The number of rotatable bonds is 4. The fourth-order valence-electron chi connectivity index (χ4n) is 2.24. The highest BCUT2D eigenvalue weighted by molar-refractivity contribution is 7.80. The topological polar surface area (TPSA) is 55.1 Å². The molecule has 1 saturated carbocycles. The number of hydrogen-bond acceptors (Lipinski definition) is 2. The average Bonchev–Trinajstić information content (AvgIpc) is 3.09. The van der Waals surface area contributed by atoms with Crippen LogP contribution in [-0.2, 0) is 0 Å². The Hall–Kier alpha value is -1.42. The van der Waals surface area contributed by atoms with E-state index in [9.17, 15) is 4.79 Å². The number of nitrogens with one attached hydrogen (secondary N) is 1. The molecule has 1 amide bonds. The second-order valence-electron chi connectivity index (χ2n) is 4.96. The second kappa shape index (κ2) is 5.06. The summed E-state index contributed by atoms with van der Waals surface area (Å²) in [6.07, 6.45) is 2.18. The van der Waals surface area contributed by atoms with Crippen LogP contribution in [0, 0.1) is 19.8 Å². The maximum Gasteiger partial charge on any atom is 0.252 e. The maximum absolute atomic E-state index is 12.3. The van der Waals surface area contributed by atoms with Crippen molar-refractivity contribution < 1.29 is 4.79 Å². The van der Waals surface area contributed by atoms with Crippen LogP contribution in [0.15, 0.2) is 18.2 Å². The molecular weight excluding hydrogens is 244 g/mol. The summed E-state index contributed by atoms with van der Waals surface area (Å²) in [4.78, 5) is 12.7. The molecule has 3 N–H and O–H groups in total. The summed E-state index contributed by atoms with van der Waals surface area (Å²) in [7, 11) is 0. The highest BCUT2D eigenvalue weighted by Gasteiger charge is 2.34. The van der Waals surface area contributed by atoms with Gasteiger partial charge in [-0.1, -0.05) is 30.4 Å². The molecule has 0 aromatic heterocycles. The Balaban J connectivity index is 2.18. The van der Waals surface area contributed by atoms with E-state index in [0.29, 0.717) is 10.9 Å². The van der Waals surface area contributed by atoms with Crippen molar-refractivity contribution in [1.82, 2.24) is 5.32 Å². The molecule has 1 atom stereocenters. The lowest BCUT2D eigenvalue weighted by Crippen LogP contribution is -2.45. The Labute approximate surface area is 113 Å². The van der Waals surface area contributed by atoms with Gasteiger partial charge in [0.05, 0.1) is 11.0 Å². The lowest BCUT2D eigenvalue weighted by Gasteiger charge is -2.18. The predicted molar refractivity (Wildman–Crippen MR) is 76.7 cm³/mol. The second-order valence-corrected chi connectivity index (χ2v) is 5.43. The van der Waals surface area contributed by atoms with Crippen LogP contribution < -0.4 is 11.1 Å². The minimum absolute atomic E-state index is 0.0738. The van der Waals surface area contributed by atoms with Crippen molar-refractivity contribution >= 4 is 23.1 Å². The van der Waals surface area contributed by atoms with Crippen LogP contribution in [0.5, 0.6) is 0 Å². The van der Waals surface area contributed by atoms with Gasteiger partial charge in [-0.3, -0.25) is 4.79 Å². The summed E-state index contributed by atoms with van der Waals surface area (Å²) in [5.74, 6) is 0.353. The lowest BCUT2D eigenvalue weighted by atomic mass is 10.0. The number of aryl methyl sites for hydroxylation is 2. The van der Waals surface area contributed by atoms with E-state index in [1.807, 2.05) is 32.0 Å². The Morgan fingerprint density at radius 1 is 1.39 bits per heavy atom. The average molecular weight is 262 g/mol. The Bertz CT molecular complexity index is 474. The Morgan fingerprint density at radius 2 is 1.94 bits per heavy atom. The summed E-state index contributed by atoms with van der Waals surface area (Å²) in [5.41, 5.74) is 8.39. The molecule has 1 fully saturated rings. The molecule has 0 bridgehead atoms. The van der Waals surface area contributed by atoms with Gasteiger partial charge < -0.3 is 11.1 Å². The van der Waals surface area contributed by atoms with Crippen LogP contribution in [0.3, 0.4) is 0 Å². The van der Waals surface area contributed by atoms with Gasteiger partial charge in [-0.2, -0.15) is 0 Å². The van der Waals surface area contributed by atoms with Crippen LogP contribution in [0.25, 0.3) is 0 Å². The number of carbonyl (C=O) groups is 1. The molecule has 4 heteroatoms. The molecule has 18 heavy (non-hydrogen) atoms. The normalized spacial score (nSPS) is 16.1. The fraction of sp³-hybridized carbons (Fsp3) is 0.429. The fourth-order valence-corrected chi connectivity index (χ4v) is 2.49. The number of amides is 1. The first-order valence-corrected chi connectivity index (χ1v) is 6.58. The zero-order valence-corrected chi connectivity index (χ0v) is 11.5. The largest absolute Gasteiger partial charge is 0.392 e. The monoisotopic (exact) mass is 262 g/mol. The van der Waals surface area contributed by atoms with Crippen molar-refractivity contribution in [3.8, 4) is 0 Å². The molecular formula is C14H18N2OS. The molecule has 96 valence electrons. The number of nitrogens with two attached hydrogens (primary N) is 1. The van der Waals surface area contributed by atoms with Gasteiger partial charge in [0.15, 0.2) is 0 Å². The van der Waals surface area contributed by atoms with Crippen molar-refractivity contribution in [3.05, 3.63) is 34.9 Å². The maximum atomic E-state index is 12.3. The van der Waals surface area contributed by atoms with E-state index in [4.69, 9.17) is 18.0 Å². The van der Waals surface area contributed by atoms with E-state index in [2.05, 4.69) is 5.32 Å². The van der Waals surface area contributed by atoms with Gasteiger partial charge in [0.1, 0.15) is 0 Å². The van der Waals surface area contributed by atoms with E-state index in [-0.39, 0.29) is 11.9 Å². The molecule has 0 spiro atoms. The number of benzene rings is 1. The van der Waals surface area contributed by atoms with Crippen molar-refractivity contribution in [2.24, 2.45) is 11.7 Å². The van der Waals surface area contributed by atoms with Gasteiger partial charge in [-0.05, 0) is 43.7 Å². The minimum Gasteiger partial charge on any atom is -0.392 e. The summed E-state index contributed by atoms with van der Waals surface area (Å²) < 4.78 is 0. The summed E-state index contributed by atoms with van der Waals surface area (Å²) >= 11 is 5.03. The highest BCUT2D eigenvalue weighted by Crippen LogP contribution is 2.33. The van der Waals surface area contributed by atoms with E-state index in [1.54, 1.807) is 0 Å². The third kappa shape index (κ3) is 2.70. The summed E-state index contributed by atoms with van der Waals surface area (Å²) in [5, 5.41) is 2.97. The zero-order chi connectivity index (χ0) is 13.3. The van der Waals surface area contributed by atoms with Crippen molar-refractivity contribution in [2.45, 2.75) is 32.7 Å². The number of thiocarbonyl (C=S) groups is 1. The smallest absolute Gasteiger partial charge is 0.252 e. The lowest BCUT2D eigenvalue weighted by molar-refractivity contribution is 0.0942. The van der Waals surface area contributed by atoms with Crippen molar-refractivity contribution in [1.29, 1.82) is 0 Å². The molecule has 2 rings (SSSR count). The SMILES string of the molecule is Cc1cccc(C)c1C(=O)NC(C(N)=S)C1CC1. The zero-order valence-electron chi connectivity index (χ0n) is 10.7. The first-order valence-electron chi connectivity index (χ1n) is 6.17. The van der Waals surface area contributed by atoms with Crippen LogP contribution in [0.2, 0.25) is 0 Å². The first-order chi connectivity index (χ1) is 8.50. The van der Waals surface area contributed by atoms with Crippen molar-refractivity contribution in [3.63, 3.8) is 0 Å². The molecule has 1 aromatic rings. The minimum atomic E-state index is -0.161. The van der Waals surface area contributed by atoms with Gasteiger partial charge >= 0.3 is 0 Å². The standard InChI is InChI=1S/C14H18N2OS/c1-8-4-3-5-9(2)11(8)14(17)16-12(13(15)18)10-6-7-10/h3-5,10,12H,6-7H2,1-2H3,(H2,15,18)(H,16,17). The molecule has 1 aromatic carbocycles. The van der Waals surface area contributed by atoms with Crippen LogP contribution in [0.4, 0.5) is 0 Å². The molecule has 3 nitrogen and oxygen atoms in total. The molecule has 0 heterocycles. The third-order valence-corrected chi connectivity index (χ3v) is 3.65. The van der Waals surface area contributed by atoms with E-state index in [0.717, 1.165) is 29.5 Å². The molecule has 0 saturated heterocycles. The van der Waals surface area contributed by atoms with Crippen molar-refractivity contribution in [2.75, 3.05) is 0 Å². The van der Waals surface area contributed by atoms with Gasteiger partial charge in [-0.25, -0.2) is 0 Å².